The highest BCUT2D eigenvalue weighted by molar-refractivity contribution is 5.80. The summed E-state index contributed by atoms with van der Waals surface area (Å²) in [5.41, 5.74) is 3.05. The molecule has 31 heavy (non-hydrogen) atoms. The molecule has 168 valence electrons. The molecule has 1 N–H and O–H groups in total. The SMILES string of the molecule is COc1ccc(CCNC(=O)COC(=O)COc2cc(C)ccc2C(C)C)cc1OC. The molecule has 2 rings (SSSR count). The van der Waals surface area contributed by atoms with Crippen LogP contribution in [0.5, 0.6) is 17.2 Å². The zero-order chi connectivity index (χ0) is 22.8. The second-order valence-electron chi connectivity index (χ2n) is 7.43. The standard InChI is InChI=1S/C24H31NO6/c1-16(2)19-8-6-17(3)12-21(19)30-15-24(27)31-14-23(26)25-11-10-18-7-9-20(28-4)22(13-18)29-5/h6-9,12-13,16H,10-11,14-15H2,1-5H3,(H,25,26). The molecule has 2 aromatic carbocycles. The highest BCUT2D eigenvalue weighted by Gasteiger charge is 2.12. The Hall–Kier alpha value is -3.22. The fourth-order valence-electron chi connectivity index (χ4n) is 3.00. The fraction of sp³-hybridized carbons (Fsp3) is 0.417. The van der Waals surface area contributed by atoms with E-state index in [1.807, 2.05) is 43.3 Å². The van der Waals surface area contributed by atoms with Crippen LogP contribution in [-0.2, 0) is 20.7 Å². The van der Waals surface area contributed by atoms with Crippen molar-refractivity contribution < 1.29 is 28.5 Å². The van der Waals surface area contributed by atoms with E-state index in [9.17, 15) is 9.59 Å². The van der Waals surface area contributed by atoms with Crippen LogP contribution in [0.4, 0.5) is 0 Å². The maximum absolute atomic E-state index is 12.0. The number of amides is 1. The summed E-state index contributed by atoms with van der Waals surface area (Å²) in [4.78, 5) is 23.9. The van der Waals surface area contributed by atoms with Crippen molar-refractivity contribution in [1.82, 2.24) is 5.32 Å². The van der Waals surface area contributed by atoms with Crippen molar-refractivity contribution in [2.75, 3.05) is 34.0 Å². The summed E-state index contributed by atoms with van der Waals surface area (Å²) in [6.07, 6.45) is 0.606. The Morgan fingerprint density at radius 1 is 0.935 bits per heavy atom. The predicted octanol–water partition coefficient (Wildman–Crippen LogP) is 3.42. The Bertz CT molecular complexity index is 894. The molecule has 0 aromatic heterocycles. The van der Waals surface area contributed by atoms with Crippen LogP contribution >= 0.6 is 0 Å². The lowest BCUT2D eigenvalue weighted by Gasteiger charge is -2.14. The zero-order valence-electron chi connectivity index (χ0n) is 18.8. The van der Waals surface area contributed by atoms with Gasteiger partial charge in [-0.2, -0.15) is 0 Å². The molecule has 0 aliphatic heterocycles. The highest BCUT2D eigenvalue weighted by Crippen LogP contribution is 2.28. The third-order valence-corrected chi connectivity index (χ3v) is 4.68. The minimum atomic E-state index is -0.591. The molecule has 0 unspecified atom stereocenters. The van der Waals surface area contributed by atoms with Crippen molar-refractivity contribution in [1.29, 1.82) is 0 Å². The van der Waals surface area contributed by atoms with E-state index in [4.69, 9.17) is 18.9 Å². The second-order valence-corrected chi connectivity index (χ2v) is 7.43. The van der Waals surface area contributed by atoms with Gasteiger partial charge in [-0.05, 0) is 54.2 Å². The molecule has 0 bridgehead atoms. The first kappa shape index (κ1) is 24.1. The molecular weight excluding hydrogens is 398 g/mol. The van der Waals surface area contributed by atoms with Gasteiger partial charge in [-0.25, -0.2) is 4.79 Å². The van der Waals surface area contributed by atoms with Gasteiger partial charge < -0.3 is 24.3 Å². The molecule has 0 spiro atoms. The number of ether oxygens (including phenoxy) is 4. The van der Waals surface area contributed by atoms with E-state index in [-0.39, 0.29) is 25.0 Å². The number of carbonyl (C=O) groups is 2. The van der Waals surface area contributed by atoms with Crippen molar-refractivity contribution in [3.63, 3.8) is 0 Å². The minimum absolute atomic E-state index is 0.248. The van der Waals surface area contributed by atoms with Gasteiger partial charge in [0.25, 0.3) is 5.91 Å². The Kier molecular flexibility index (Phi) is 9.18. The van der Waals surface area contributed by atoms with E-state index in [2.05, 4.69) is 19.2 Å². The predicted molar refractivity (Wildman–Crippen MR) is 118 cm³/mol. The third-order valence-electron chi connectivity index (χ3n) is 4.68. The van der Waals surface area contributed by atoms with Crippen LogP contribution in [0.3, 0.4) is 0 Å². The van der Waals surface area contributed by atoms with Gasteiger partial charge in [0, 0.05) is 6.54 Å². The number of hydrogen-bond donors (Lipinski definition) is 1. The van der Waals surface area contributed by atoms with E-state index in [1.54, 1.807) is 14.2 Å². The lowest BCUT2D eigenvalue weighted by Crippen LogP contribution is -2.31. The topological polar surface area (TPSA) is 83.1 Å². The lowest BCUT2D eigenvalue weighted by atomic mass is 10.0. The van der Waals surface area contributed by atoms with Gasteiger partial charge in [0.05, 0.1) is 14.2 Å². The molecule has 0 radical (unpaired) electrons. The van der Waals surface area contributed by atoms with Crippen LogP contribution in [-0.4, -0.2) is 45.9 Å². The van der Waals surface area contributed by atoms with Gasteiger partial charge in [-0.1, -0.05) is 32.0 Å². The van der Waals surface area contributed by atoms with Crippen LogP contribution in [0.15, 0.2) is 36.4 Å². The quantitative estimate of drug-likeness (QED) is 0.551. The number of carbonyl (C=O) groups excluding carboxylic acids is 2. The summed E-state index contributed by atoms with van der Waals surface area (Å²) in [6.45, 7) is 5.89. The molecule has 0 saturated heterocycles. The van der Waals surface area contributed by atoms with Crippen molar-refractivity contribution >= 4 is 11.9 Å². The Labute approximate surface area is 183 Å². The van der Waals surface area contributed by atoms with Crippen molar-refractivity contribution in [2.45, 2.75) is 33.1 Å². The van der Waals surface area contributed by atoms with Gasteiger partial charge in [0.15, 0.2) is 24.7 Å². The number of benzene rings is 2. The molecule has 0 fully saturated rings. The first-order chi connectivity index (χ1) is 14.8. The Morgan fingerprint density at radius 2 is 1.68 bits per heavy atom. The molecule has 1 amide bonds. The molecule has 0 saturated carbocycles. The van der Waals surface area contributed by atoms with E-state index in [0.29, 0.717) is 30.2 Å². The monoisotopic (exact) mass is 429 g/mol. The number of nitrogens with one attached hydrogen (secondary N) is 1. The van der Waals surface area contributed by atoms with E-state index >= 15 is 0 Å². The fourth-order valence-corrected chi connectivity index (χ4v) is 3.00. The smallest absolute Gasteiger partial charge is 0.344 e. The second kappa shape index (κ2) is 11.8. The maximum atomic E-state index is 12.0. The highest BCUT2D eigenvalue weighted by atomic mass is 16.6. The summed E-state index contributed by atoms with van der Waals surface area (Å²) < 4.78 is 21.1. The average molecular weight is 430 g/mol. The molecular formula is C24H31NO6. The average Bonchev–Trinajstić information content (AvgIpc) is 2.75. The zero-order valence-corrected chi connectivity index (χ0v) is 18.8. The molecule has 0 atom stereocenters. The molecule has 0 aliphatic carbocycles. The van der Waals surface area contributed by atoms with E-state index in [1.165, 1.54) is 0 Å². The maximum Gasteiger partial charge on any atom is 0.344 e. The normalized spacial score (nSPS) is 10.5. The summed E-state index contributed by atoms with van der Waals surface area (Å²) in [5, 5.41) is 2.73. The minimum Gasteiger partial charge on any atom is -0.493 e. The lowest BCUT2D eigenvalue weighted by molar-refractivity contribution is -0.150. The number of hydrogen-bond acceptors (Lipinski definition) is 6. The Balaban J connectivity index is 1.73. The molecule has 0 aliphatic rings. The van der Waals surface area contributed by atoms with Crippen LogP contribution in [0.2, 0.25) is 0 Å². The van der Waals surface area contributed by atoms with Crippen molar-refractivity contribution in [3.8, 4) is 17.2 Å². The number of rotatable bonds is 11. The van der Waals surface area contributed by atoms with Gasteiger partial charge in [0.2, 0.25) is 0 Å². The first-order valence-corrected chi connectivity index (χ1v) is 10.2. The number of esters is 1. The molecule has 2 aromatic rings. The summed E-state index contributed by atoms with van der Waals surface area (Å²) in [7, 11) is 3.15. The summed E-state index contributed by atoms with van der Waals surface area (Å²) in [5.74, 6) is 1.25. The van der Waals surface area contributed by atoms with Gasteiger partial charge in [-0.3, -0.25) is 4.79 Å². The van der Waals surface area contributed by atoms with Gasteiger partial charge in [-0.15, -0.1) is 0 Å². The van der Waals surface area contributed by atoms with Gasteiger partial charge >= 0.3 is 5.97 Å². The number of aryl methyl sites for hydroxylation is 1. The summed E-state index contributed by atoms with van der Waals surface area (Å²) >= 11 is 0. The van der Waals surface area contributed by atoms with Crippen molar-refractivity contribution in [2.24, 2.45) is 0 Å². The van der Waals surface area contributed by atoms with Crippen molar-refractivity contribution in [3.05, 3.63) is 53.1 Å². The third kappa shape index (κ3) is 7.51. The van der Waals surface area contributed by atoms with E-state index in [0.717, 1.165) is 16.7 Å². The molecule has 0 heterocycles. The first-order valence-electron chi connectivity index (χ1n) is 10.2. The van der Waals surface area contributed by atoms with Crippen LogP contribution in [0, 0.1) is 6.92 Å². The largest absolute Gasteiger partial charge is 0.493 e. The van der Waals surface area contributed by atoms with Crippen LogP contribution in [0.1, 0.15) is 36.5 Å². The summed E-state index contributed by atoms with van der Waals surface area (Å²) in [6, 6.07) is 11.5. The van der Waals surface area contributed by atoms with Crippen LogP contribution < -0.4 is 19.5 Å². The van der Waals surface area contributed by atoms with Gasteiger partial charge in [0.1, 0.15) is 5.75 Å². The van der Waals surface area contributed by atoms with E-state index < -0.39 is 5.97 Å². The van der Waals surface area contributed by atoms with Crippen LogP contribution in [0.25, 0.3) is 0 Å². The Morgan fingerprint density at radius 3 is 2.35 bits per heavy atom. The number of methoxy groups -OCH3 is 2. The molecule has 7 nitrogen and oxygen atoms in total. The molecule has 7 heteroatoms.